The summed E-state index contributed by atoms with van der Waals surface area (Å²) in [6, 6.07) is 6.96. The van der Waals surface area contributed by atoms with Crippen LogP contribution in [0.25, 0.3) is 0 Å². The van der Waals surface area contributed by atoms with Crippen LogP contribution < -0.4 is 4.74 Å². The molecule has 1 aromatic carbocycles. The minimum absolute atomic E-state index is 0.00656. The fourth-order valence-corrected chi connectivity index (χ4v) is 3.35. The van der Waals surface area contributed by atoms with Gasteiger partial charge in [-0.3, -0.25) is 14.5 Å². The molecular weight excluding hydrogens is 376 g/mol. The molecule has 1 N–H and O–H groups in total. The molecule has 24 heavy (non-hydrogen) atoms. The van der Waals surface area contributed by atoms with Crippen molar-refractivity contribution >= 4 is 27.8 Å². The van der Waals surface area contributed by atoms with Gasteiger partial charge in [0.1, 0.15) is 11.8 Å². The molecule has 6 nitrogen and oxygen atoms in total. The zero-order valence-electron chi connectivity index (χ0n) is 13.4. The molecule has 2 aliphatic rings. The summed E-state index contributed by atoms with van der Waals surface area (Å²) in [5.41, 5.74) is 0. The maximum Gasteiger partial charge on any atom is 0.321 e. The van der Waals surface area contributed by atoms with E-state index in [1.54, 1.807) is 4.90 Å². The van der Waals surface area contributed by atoms with Crippen LogP contribution in [0.4, 0.5) is 0 Å². The van der Waals surface area contributed by atoms with Crippen LogP contribution in [0.2, 0.25) is 0 Å². The molecule has 1 unspecified atom stereocenters. The number of amides is 1. The lowest BCUT2D eigenvalue weighted by Crippen LogP contribution is -2.55. The second-order valence-corrected chi connectivity index (χ2v) is 7.20. The highest BCUT2D eigenvalue weighted by molar-refractivity contribution is 9.10. The van der Waals surface area contributed by atoms with E-state index in [0.29, 0.717) is 31.9 Å². The van der Waals surface area contributed by atoms with Crippen LogP contribution in [-0.4, -0.2) is 65.6 Å². The molecule has 1 aromatic rings. The lowest BCUT2D eigenvalue weighted by atomic mass is 10.1. The number of halogens is 1. The van der Waals surface area contributed by atoms with E-state index in [9.17, 15) is 14.7 Å². The predicted octanol–water partition coefficient (Wildman–Crippen LogP) is 1.84. The highest BCUT2D eigenvalue weighted by Gasteiger charge is 2.41. The van der Waals surface area contributed by atoms with Crippen LogP contribution in [0.5, 0.6) is 5.75 Å². The summed E-state index contributed by atoms with van der Waals surface area (Å²) < 4.78 is 6.48. The van der Waals surface area contributed by atoms with E-state index in [-0.39, 0.29) is 24.5 Å². The van der Waals surface area contributed by atoms with Crippen molar-refractivity contribution in [1.29, 1.82) is 0 Å². The van der Waals surface area contributed by atoms with Crippen LogP contribution in [0.15, 0.2) is 28.7 Å². The van der Waals surface area contributed by atoms with Crippen molar-refractivity contribution < 1.29 is 19.4 Å². The minimum Gasteiger partial charge on any atom is -0.484 e. The molecule has 1 atom stereocenters. The molecule has 0 spiro atoms. The Morgan fingerprint density at radius 3 is 2.33 bits per heavy atom. The first-order valence-electron chi connectivity index (χ1n) is 8.17. The number of carbonyl (C=O) groups is 2. The first-order valence-corrected chi connectivity index (χ1v) is 8.97. The number of aliphatic carboxylic acids is 1. The third-order valence-electron chi connectivity index (χ3n) is 4.56. The summed E-state index contributed by atoms with van der Waals surface area (Å²) in [7, 11) is 0. The third kappa shape index (κ3) is 4.27. The van der Waals surface area contributed by atoms with Gasteiger partial charge in [-0.2, -0.15) is 0 Å². The summed E-state index contributed by atoms with van der Waals surface area (Å²) in [6.07, 6.45) is 1.99. The number of piperazine rings is 1. The van der Waals surface area contributed by atoms with Crippen LogP contribution in [0.1, 0.15) is 12.8 Å². The lowest BCUT2D eigenvalue weighted by Gasteiger charge is -2.37. The molecule has 3 rings (SSSR count). The van der Waals surface area contributed by atoms with Crippen molar-refractivity contribution in [2.45, 2.75) is 18.9 Å². The molecule has 1 saturated carbocycles. The largest absolute Gasteiger partial charge is 0.484 e. The number of ether oxygens (including phenoxy) is 1. The quantitative estimate of drug-likeness (QED) is 0.794. The van der Waals surface area contributed by atoms with Crippen molar-refractivity contribution in [3.63, 3.8) is 0 Å². The van der Waals surface area contributed by atoms with Gasteiger partial charge >= 0.3 is 5.97 Å². The van der Waals surface area contributed by atoms with Gasteiger partial charge in [0.15, 0.2) is 6.61 Å². The second-order valence-electron chi connectivity index (χ2n) is 6.28. The van der Waals surface area contributed by atoms with Gasteiger partial charge in [0, 0.05) is 30.7 Å². The van der Waals surface area contributed by atoms with Crippen LogP contribution >= 0.6 is 15.9 Å². The van der Waals surface area contributed by atoms with Gasteiger partial charge in [-0.05, 0) is 43.0 Å². The Morgan fingerprint density at radius 2 is 1.79 bits per heavy atom. The maximum absolute atomic E-state index is 12.3. The highest BCUT2D eigenvalue weighted by Crippen LogP contribution is 2.35. The fourth-order valence-electron chi connectivity index (χ4n) is 3.08. The van der Waals surface area contributed by atoms with E-state index in [2.05, 4.69) is 15.9 Å². The smallest absolute Gasteiger partial charge is 0.321 e. The van der Waals surface area contributed by atoms with Crippen LogP contribution in [-0.2, 0) is 9.59 Å². The molecule has 1 heterocycles. The van der Waals surface area contributed by atoms with Gasteiger partial charge in [0.25, 0.3) is 5.91 Å². The van der Waals surface area contributed by atoms with Crippen molar-refractivity contribution in [2.75, 3.05) is 32.8 Å². The van der Waals surface area contributed by atoms with E-state index in [0.717, 1.165) is 17.3 Å². The van der Waals surface area contributed by atoms with Crippen molar-refractivity contribution in [2.24, 2.45) is 5.92 Å². The first-order chi connectivity index (χ1) is 11.5. The predicted molar refractivity (Wildman–Crippen MR) is 91.9 cm³/mol. The molecule has 0 aromatic heterocycles. The van der Waals surface area contributed by atoms with E-state index in [4.69, 9.17) is 4.74 Å². The summed E-state index contributed by atoms with van der Waals surface area (Å²) in [5.74, 6) is 0.141. The Labute approximate surface area is 149 Å². The highest BCUT2D eigenvalue weighted by atomic mass is 79.9. The number of hydrogen-bond acceptors (Lipinski definition) is 4. The number of benzene rings is 1. The molecular formula is C17H21BrN2O4. The van der Waals surface area contributed by atoms with Gasteiger partial charge in [0.2, 0.25) is 0 Å². The molecule has 1 saturated heterocycles. The number of carbonyl (C=O) groups excluding carboxylic acids is 1. The maximum atomic E-state index is 12.3. The summed E-state index contributed by atoms with van der Waals surface area (Å²) in [5, 5.41) is 9.40. The molecule has 7 heteroatoms. The van der Waals surface area contributed by atoms with Gasteiger partial charge in [0.05, 0.1) is 0 Å². The van der Waals surface area contributed by atoms with Gasteiger partial charge in [-0.25, -0.2) is 0 Å². The van der Waals surface area contributed by atoms with Crippen molar-refractivity contribution in [3.05, 3.63) is 28.7 Å². The topological polar surface area (TPSA) is 70.1 Å². The summed E-state index contributed by atoms with van der Waals surface area (Å²) in [6.45, 7) is 2.33. The number of rotatable bonds is 6. The average molecular weight is 397 g/mol. The average Bonchev–Trinajstić information content (AvgIpc) is 3.39. The fraction of sp³-hybridized carbons (Fsp3) is 0.529. The van der Waals surface area contributed by atoms with Crippen LogP contribution in [0.3, 0.4) is 0 Å². The van der Waals surface area contributed by atoms with E-state index >= 15 is 0 Å². The number of nitrogens with zero attached hydrogens (tertiary/aromatic N) is 2. The SMILES string of the molecule is O=C(O)C(C1CC1)N1CCN(C(=O)COc2ccc(Br)cc2)CC1. The Hall–Kier alpha value is -1.60. The Bertz CT molecular complexity index is 595. The zero-order valence-corrected chi connectivity index (χ0v) is 14.9. The van der Waals surface area contributed by atoms with Crippen molar-refractivity contribution in [3.8, 4) is 5.75 Å². The molecule has 1 amide bonds. The van der Waals surface area contributed by atoms with Gasteiger partial charge in [-0.1, -0.05) is 15.9 Å². The van der Waals surface area contributed by atoms with E-state index < -0.39 is 5.97 Å². The van der Waals surface area contributed by atoms with Crippen molar-refractivity contribution in [1.82, 2.24) is 9.80 Å². The normalized spacial score (nSPS) is 19.8. The first kappa shape index (κ1) is 17.2. The standard InChI is InChI=1S/C17H21BrN2O4/c18-13-3-5-14(6-4-13)24-11-15(21)19-7-9-20(10-8-19)16(17(22)23)12-1-2-12/h3-6,12,16H,1-2,7-11H2,(H,22,23). The third-order valence-corrected chi connectivity index (χ3v) is 5.09. The van der Waals surface area contributed by atoms with Gasteiger partial charge in [-0.15, -0.1) is 0 Å². The Balaban J connectivity index is 1.46. The molecule has 1 aliphatic heterocycles. The molecule has 1 aliphatic carbocycles. The second kappa shape index (κ2) is 7.53. The van der Waals surface area contributed by atoms with Crippen LogP contribution in [0, 0.1) is 5.92 Å². The minimum atomic E-state index is -0.740. The molecule has 0 bridgehead atoms. The lowest BCUT2D eigenvalue weighted by molar-refractivity contribution is -0.146. The Kier molecular flexibility index (Phi) is 5.40. The molecule has 0 radical (unpaired) electrons. The zero-order chi connectivity index (χ0) is 17.1. The summed E-state index contributed by atoms with van der Waals surface area (Å²) >= 11 is 3.35. The molecule has 130 valence electrons. The summed E-state index contributed by atoms with van der Waals surface area (Å²) in [4.78, 5) is 27.4. The molecule has 2 fully saturated rings. The van der Waals surface area contributed by atoms with E-state index in [1.807, 2.05) is 29.2 Å². The number of hydrogen-bond donors (Lipinski definition) is 1. The van der Waals surface area contributed by atoms with Gasteiger partial charge < -0.3 is 14.7 Å². The number of carboxylic acids is 1. The monoisotopic (exact) mass is 396 g/mol. The van der Waals surface area contributed by atoms with E-state index in [1.165, 1.54) is 0 Å². The Morgan fingerprint density at radius 1 is 1.17 bits per heavy atom. The number of carboxylic acid groups (broad SMARTS) is 1.